The molecule has 3 rings (SSSR count). The predicted octanol–water partition coefficient (Wildman–Crippen LogP) is 3.83. The second-order valence-corrected chi connectivity index (χ2v) is 7.02. The van der Waals surface area contributed by atoms with Crippen LogP contribution in [0.1, 0.15) is 30.4 Å². The zero-order valence-electron chi connectivity index (χ0n) is 13.4. The average Bonchev–Trinajstić information content (AvgIpc) is 3.34. The number of benzene rings is 2. The maximum atomic E-state index is 12.3. The molecular formula is C19H19BrN2O2. The van der Waals surface area contributed by atoms with E-state index in [4.69, 9.17) is 0 Å². The Morgan fingerprint density at radius 3 is 2.62 bits per heavy atom. The summed E-state index contributed by atoms with van der Waals surface area (Å²) in [5.41, 5.74) is 2.93. The number of carbonyl (C=O) groups is 2. The first-order valence-corrected chi connectivity index (χ1v) is 8.72. The summed E-state index contributed by atoms with van der Waals surface area (Å²) < 4.78 is 1.05. The Balaban J connectivity index is 1.53. The molecule has 1 saturated carbocycles. The van der Waals surface area contributed by atoms with Crippen molar-refractivity contribution >= 4 is 33.4 Å². The van der Waals surface area contributed by atoms with E-state index in [2.05, 4.69) is 38.7 Å². The van der Waals surface area contributed by atoms with Gasteiger partial charge in [0.1, 0.15) is 0 Å². The van der Waals surface area contributed by atoms with E-state index in [1.807, 2.05) is 36.4 Å². The minimum absolute atomic E-state index is 0.0599. The van der Waals surface area contributed by atoms with Gasteiger partial charge in [0.25, 0.3) is 0 Å². The molecule has 0 radical (unpaired) electrons. The van der Waals surface area contributed by atoms with Crippen molar-refractivity contribution < 1.29 is 9.59 Å². The van der Waals surface area contributed by atoms with Crippen LogP contribution in [0.5, 0.6) is 0 Å². The standard InChI is InChI=1S/C19H19BrN2O2/c1-12(23)22-16-4-2-3-13(9-16)11-21-19(24)18-10-17(18)14-5-7-15(20)8-6-14/h2-9,17-18H,10-11H2,1H3,(H,21,24)(H,22,23). The highest BCUT2D eigenvalue weighted by atomic mass is 79.9. The Labute approximate surface area is 149 Å². The quantitative estimate of drug-likeness (QED) is 0.820. The third-order valence-electron chi connectivity index (χ3n) is 4.14. The third kappa shape index (κ3) is 4.23. The molecule has 5 heteroatoms. The Hall–Kier alpha value is -2.14. The van der Waals surface area contributed by atoms with E-state index < -0.39 is 0 Å². The highest BCUT2D eigenvalue weighted by molar-refractivity contribution is 9.10. The lowest BCUT2D eigenvalue weighted by molar-refractivity contribution is -0.122. The SMILES string of the molecule is CC(=O)Nc1cccc(CNC(=O)C2CC2c2ccc(Br)cc2)c1. The first-order valence-electron chi connectivity index (χ1n) is 7.92. The largest absolute Gasteiger partial charge is 0.352 e. The highest BCUT2D eigenvalue weighted by Gasteiger charge is 2.43. The molecule has 2 amide bonds. The van der Waals surface area contributed by atoms with E-state index in [9.17, 15) is 9.59 Å². The molecule has 0 saturated heterocycles. The molecule has 0 aromatic heterocycles. The van der Waals surface area contributed by atoms with Crippen molar-refractivity contribution in [3.8, 4) is 0 Å². The van der Waals surface area contributed by atoms with Crippen LogP contribution in [0, 0.1) is 5.92 Å². The van der Waals surface area contributed by atoms with E-state index >= 15 is 0 Å². The summed E-state index contributed by atoms with van der Waals surface area (Å²) in [4.78, 5) is 23.4. The zero-order valence-corrected chi connectivity index (χ0v) is 15.0. The van der Waals surface area contributed by atoms with Crippen LogP contribution in [0.4, 0.5) is 5.69 Å². The topological polar surface area (TPSA) is 58.2 Å². The fourth-order valence-electron chi connectivity index (χ4n) is 2.85. The minimum Gasteiger partial charge on any atom is -0.352 e. The van der Waals surface area contributed by atoms with Crippen LogP contribution in [-0.4, -0.2) is 11.8 Å². The van der Waals surface area contributed by atoms with Crippen molar-refractivity contribution in [1.29, 1.82) is 0 Å². The maximum Gasteiger partial charge on any atom is 0.224 e. The molecule has 2 unspecified atom stereocenters. The van der Waals surface area contributed by atoms with Crippen LogP contribution in [-0.2, 0) is 16.1 Å². The number of amides is 2. The fourth-order valence-corrected chi connectivity index (χ4v) is 3.11. The summed E-state index contributed by atoms with van der Waals surface area (Å²) in [5, 5.41) is 5.74. The van der Waals surface area contributed by atoms with Gasteiger partial charge in [0.2, 0.25) is 11.8 Å². The molecule has 4 nitrogen and oxygen atoms in total. The highest BCUT2D eigenvalue weighted by Crippen LogP contribution is 2.47. The molecule has 1 fully saturated rings. The molecule has 0 bridgehead atoms. The van der Waals surface area contributed by atoms with Gasteiger partial charge in [-0.3, -0.25) is 9.59 Å². The molecule has 0 heterocycles. The van der Waals surface area contributed by atoms with E-state index in [-0.39, 0.29) is 17.7 Å². The van der Waals surface area contributed by atoms with Crippen molar-refractivity contribution in [3.63, 3.8) is 0 Å². The predicted molar refractivity (Wildman–Crippen MR) is 97.6 cm³/mol. The van der Waals surface area contributed by atoms with Gasteiger partial charge in [-0.15, -0.1) is 0 Å². The second-order valence-electron chi connectivity index (χ2n) is 6.10. The van der Waals surface area contributed by atoms with Gasteiger partial charge in [-0.2, -0.15) is 0 Å². The van der Waals surface area contributed by atoms with Crippen LogP contribution in [0.15, 0.2) is 53.0 Å². The number of anilines is 1. The summed E-state index contributed by atoms with van der Waals surface area (Å²) in [6.07, 6.45) is 0.902. The number of nitrogens with one attached hydrogen (secondary N) is 2. The summed E-state index contributed by atoms with van der Waals surface area (Å²) in [6, 6.07) is 15.7. The maximum absolute atomic E-state index is 12.3. The Bertz CT molecular complexity index is 758. The lowest BCUT2D eigenvalue weighted by Crippen LogP contribution is -2.24. The molecule has 2 aromatic rings. The van der Waals surface area contributed by atoms with Crippen LogP contribution in [0.25, 0.3) is 0 Å². The van der Waals surface area contributed by atoms with E-state index in [1.54, 1.807) is 0 Å². The molecule has 0 spiro atoms. The van der Waals surface area contributed by atoms with Crippen molar-refractivity contribution in [2.75, 3.05) is 5.32 Å². The average molecular weight is 387 g/mol. The van der Waals surface area contributed by atoms with Crippen LogP contribution >= 0.6 is 15.9 Å². The van der Waals surface area contributed by atoms with Gasteiger partial charge >= 0.3 is 0 Å². The van der Waals surface area contributed by atoms with E-state index in [0.29, 0.717) is 12.5 Å². The third-order valence-corrected chi connectivity index (χ3v) is 4.67. The molecule has 24 heavy (non-hydrogen) atoms. The van der Waals surface area contributed by atoms with E-state index in [0.717, 1.165) is 22.1 Å². The first-order chi connectivity index (χ1) is 11.5. The van der Waals surface area contributed by atoms with Crippen LogP contribution in [0.3, 0.4) is 0 Å². The van der Waals surface area contributed by atoms with Gasteiger partial charge in [-0.05, 0) is 47.7 Å². The number of halogens is 1. The van der Waals surface area contributed by atoms with Crippen LogP contribution in [0.2, 0.25) is 0 Å². The van der Waals surface area contributed by atoms with E-state index in [1.165, 1.54) is 12.5 Å². The zero-order chi connectivity index (χ0) is 17.1. The first kappa shape index (κ1) is 16.7. The lowest BCUT2D eigenvalue weighted by atomic mass is 10.1. The van der Waals surface area contributed by atoms with Gasteiger partial charge < -0.3 is 10.6 Å². The van der Waals surface area contributed by atoms with Gasteiger partial charge in [-0.25, -0.2) is 0 Å². The molecule has 1 aliphatic rings. The molecule has 0 aliphatic heterocycles. The number of hydrogen-bond donors (Lipinski definition) is 2. The molecule has 2 N–H and O–H groups in total. The monoisotopic (exact) mass is 386 g/mol. The van der Waals surface area contributed by atoms with Gasteiger partial charge in [-0.1, -0.05) is 40.2 Å². The Kier molecular flexibility index (Phi) is 5.00. The molecule has 2 aromatic carbocycles. The van der Waals surface area contributed by atoms with Crippen LogP contribution < -0.4 is 10.6 Å². The van der Waals surface area contributed by atoms with Gasteiger partial charge in [0.05, 0.1) is 0 Å². The molecule has 2 atom stereocenters. The summed E-state index contributed by atoms with van der Waals surface area (Å²) >= 11 is 3.42. The van der Waals surface area contributed by atoms with Crippen molar-refractivity contribution in [1.82, 2.24) is 5.32 Å². The lowest BCUT2D eigenvalue weighted by Gasteiger charge is -2.08. The number of carbonyl (C=O) groups excluding carboxylic acids is 2. The second kappa shape index (κ2) is 7.18. The van der Waals surface area contributed by atoms with Crippen molar-refractivity contribution in [3.05, 3.63) is 64.1 Å². The molecular weight excluding hydrogens is 368 g/mol. The van der Waals surface area contributed by atoms with Gasteiger partial charge in [0, 0.05) is 29.5 Å². The number of hydrogen-bond acceptors (Lipinski definition) is 2. The Morgan fingerprint density at radius 2 is 1.92 bits per heavy atom. The Morgan fingerprint density at radius 1 is 1.17 bits per heavy atom. The smallest absolute Gasteiger partial charge is 0.224 e. The van der Waals surface area contributed by atoms with Crippen molar-refractivity contribution in [2.24, 2.45) is 5.92 Å². The van der Waals surface area contributed by atoms with Crippen molar-refractivity contribution in [2.45, 2.75) is 25.8 Å². The normalized spacial score (nSPS) is 18.8. The molecule has 124 valence electrons. The number of rotatable bonds is 5. The summed E-state index contributed by atoms with van der Waals surface area (Å²) in [5.74, 6) is 0.368. The van der Waals surface area contributed by atoms with Gasteiger partial charge in [0.15, 0.2) is 0 Å². The minimum atomic E-state index is -0.105. The summed E-state index contributed by atoms with van der Waals surface area (Å²) in [6.45, 7) is 1.94. The fraction of sp³-hybridized carbons (Fsp3) is 0.263. The summed E-state index contributed by atoms with van der Waals surface area (Å²) in [7, 11) is 0. The molecule has 1 aliphatic carbocycles.